The highest BCUT2D eigenvalue weighted by molar-refractivity contribution is 6.34. The molecule has 2 aromatic carbocycles. The molecule has 23 heavy (non-hydrogen) atoms. The van der Waals surface area contributed by atoms with Crippen LogP contribution in [0.3, 0.4) is 0 Å². The maximum atomic E-state index is 13.4. The first-order chi connectivity index (χ1) is 11.0. The molecule has 0 saturated heterocycles. The number of nitrogens with zero attached hydrogens (tertiary/aromatic N) is 1. The molecule has 0 saturated carbocycles. The summed E-state index contributed by atoms with van der Waals surface area (Å²) in [6, 6.07) is 10.8. The maximum Gasteiger partial charge on any atom is 0.257 e. The Morgan fingerprint density at radius 2 is 1.91 bits per heavy atom. The van der Waals surface area contributed by atoms with Crippen LogP contribution in [0, 0.1) is 5.82 Å². The van der Waals surface area contributed by atoms with E-state index >= 15 is 0 Å². The number of anilines is 1. The van der Waals surface area contributed by atoms with Crippen LogP contribution in [0.25, 0.3) is 10.9 Å². The number of carbonyl (C=O) groups excluding carboxylic acids is 2. The van der Waals surface area contributed by atoms with Crippen LogP contribution in [0.4, 0.5) is 10.1 Å². The Balaban J connectivity index is 2.07. The van der Waals surface area contributed by atoms with Gasteiger partial charge in [-0.1, -0.05) is 23.7 Å². The molecule has 6 heteroatoms. The van der Waals surface area contributed by atoms with Crippen LogP contribution in [-0.4, -0.2) is 16.4 Å². The number of aromatic nitrogens is 1. The molecule has 0 aliphatic heterocycles. The second kappa shape index (κ2) is 5.85. The first-order valence-electron chi connectivity index (χ1n) is 6.85. The summed E-state index contributed by atoms with van der Waals surface area (Å²) in [5.74, 6) is -1.21. The second-order valence-corrected chi connectivity index (χ2v) is 5.43. The number of hydrogen-bond donors (Lipinski definition) is 1. The van der Waals surface area contributed by atoms with Crippen LogP contribution < -0.4 is 5.32 Å². The van der Waals surface area contributed by atoms with Crippen molar-refractivity contribution in [3.63, 3.8) is 0 Å². The van der Waals surface area contributed by atoms with Gasteiger partial charge < -0.3 is 5.32 Å². The van der Waals surface area contributed by atoms with E-state index in [0.29, 0.717) is 21.6 Å². The standard InChI is InChI=1S/C17H12ClFN2O2/c1-10(22)21-9-13(12-7-6-11(19)8-16(12)21)17(23)20-15-5-3-2-4-14(15)18/h2-9H,1H3,(H,20,23). The predicted octanol–water partition coefficient (Wildman–Crippen LogP) is 4.35. The van der Waals surface area contributed by atoms with Crippen LogP contribution in [0.2, 0.25) is 5.02 Å². The van der Waals surface area contributed by atoms with Crippen molar-refractivity contribution in [1.29, 1.82) is 0 Å². The van der Waals surface area contributed by atoms with Crippen molar-refractivity contribution in [2.75, 3.05) is 5.32 Å². The van der Waals surface area contributed by atoms with Crippen LogP contribution in [0.5, 0.6) is 0 Å². The van der Waals surface area contributed by atoms with Gasteiger partial charge in [-0.25, -0.2) is 4.39 Å². The van der Waals surface area contributed by atoms with Crippen LogP contribution in [0.1, 0.15) is 22.1 Å². The number of para-hydroxylation sites is 1. The van der Waals surface area contributed by atoms with E-state index in [1.165, 1.54) is 35.9 Å². The number of amides is 1. The average molecular weight is 331 g/mol. The summed E-state index contributed by atoms with van der Waals surface area (Å²) in [6.45, 7) is 1.35. The number of benzene rings is 2. The van der Waals surface area contributed by atoms with Gasteiger partial charge in [0, 0.05) is 18.5 Å². The van der Waals surface area contributed by atoms with Crippen molar-refractivity contribution in [2.45, 2.75) is 6.92 Å². The van der Waals surface area contributed by atoms with E-state index in [1.54, 1.807) is 24.3 Å². The molecule has 0 bridgehead atoms. The highest BCUT2D eigenvalue weighted by atomic mass is 35.5. The van der Waals surface area contributed by atoms with E-state index in [0.717, 1.165) is 0 Å². The molecule has 0 aliphatic carbocycles. The van der Waals surface area contributed by atoms with Crippen molar-refractivity contribution in [1.82, 2.24) is 4.57 Å². The van der Waals surface area contributed by atoms with Gasteiger partial charge >= 0.3 is 0 Å². The fraction of sp³-hybridized carbons (Fsp3) is 0.0588. The average Bonchev–Trinajstić information content (AvgIpc) is 2.88. The highest BCUT2D eigenvalue weighted by Gasteiger charge is 2.18. The summed E-state index contributed by atoms with van der Waals surface area (Å²) in [4.78, 5) is 24.2. The lowest BCUT2D eigenvalue weighted by Crippen LogP contribution is -2.12. The minimum absolute atomic E-state index is 0.273. The third-order valence-electron chi connectivity index (χ3n) is 3.47. The van der Waals surface area contributed by atoms with Crippen LogP contribution in [0.15, 0.2) is 48.7 Å². The third-order valence-corrected chi connectivity index (χ3v) is 3.80. The molecule has 0 unspecified atom stereocenters. The van der Waals surface area contributed by atoms with Crippen molar-refractivity contribution in [3.8, 4) is 0 Å². The summed E-state index contributed by atoms with van der Waals surface area (Å²) in [5.41, 5.74) is 1.09. The maximum absolute atomic E-state index is 13.4. The second-order valence-electron chi connectivity index (χ2n) is 5.03. The van der Waals surface area contributed by atoms with Gasteiger partial charge in [-0.15, -0.1) is 0 Å². The summed E-state index contributed by atoms with van der Waals surface area (Å²) in [5, 5.41) is 3.59. The largest absolute Gasteiger partial charge is 0.321 e. The Morgan fingerprint density at radius 3 is 2.61 bits per heavy atom. The van der Waals surface area contributed by atoms with E-state index in [9.17, 15) is 14.0 Å². The van der Waals surface area contributed by atoms with Crippen molar-refractivity contribution >= 4 is 40.0 Å². The zero-order valence-electron chi connectivity index (χ0n) is 12.1. The molecule has 1 amide bonds. The Hall–Kier alpha value is -2.66. The number of hydrogen-bond acceptors (Lipinski definition) is 2. The molecule has 1 aromatic heterocycles. The molecule has 0 fully saturated rings. The van der Waals surface area contributed by atoms with Crippen LogP contribution in [-0.2, 0) is 0 Å². The zero-order chi connectivity index (χ0) is 16.6. The third kappa shape index (κ3) is 2.83. The van der Waals surface area contributed by atoms with E-state index in [2.05, 4.69) is 5.32 Å². The molecular weight excluding hydrogens is 319 g/mol. The lowest BCUT2D eigenvalue weighted by Gasteiger charge is -2.06. The minimum Gasteiger partial charge on any atom is -0.321 e. The van der Waals surface area contributed by atoms with Gasteiger partial charge in [0.25, 0.3) is 5.91 Å². The van der Waals surface area contributed by atoms with Gasteiger partial charge in [-0.2, -0.15) is 0 Å². The fourth-order valence-corrected chi connectivity index (χ4v) is 2.58. The normalized spacial score (nSPS) is 10.7. The smallest absolute Gasteiger partial charge is 0.257 e. The van der Waals surface area contributed by atoms with Gasteiger partial charge in [0.1, 0.15) is 5.82 Å². The molecule has 0 radical (unpaired) electrons. The minimum atomic E-state index is -0.476. The van der Waals surface area contributed by atoms with E-state index in [1.807, 2.05) is 0 Å². The lowest BCUT2D eigenvalue weighted by molar-refractivity contribution is 0.0941. The van der Waals surface area contributed by atoms with Crippen molar-refractivity contribution in [3.05, 3.63) is 65.1 Å². The number of carbonyl (C=O) groups is 2. The molecule has 4 nitrogen and oxygen atoms in total. The molecule has 0 aliphatic rings. The molecule has 3 rings (SSSR count). The monoisotopic (exact) mass is 330 g/mol. The van der Waals surface area contributed by atoms with Gasteiger partial charge in [0.15, 0.2) is 0 Å². The van der Waals surface area contributed by atoms with E-state index in [-0.39, 0.29) is 11.5 Å². The first kappa shape index (κ1) is 15.2. The molecule has 1 N–H and O–H groups in total. The topological polar surface area (TPSA) is 51.1 Å². The van der Waals surface area contributed by atoms with Gasteiger partial charge in [-0.3, -0.25) is 14.2 Å². The predicted molar refractivity (Wildman–Crippen MR) is 87.6 cm³/mol. The van der Waals surface area contributed by atoms with Gasteiger partial charge in [0.2, 0.25) is 5.91 Å². The highest BCUT2D eigenvalue weighted by Crippen LogP contribution is 2.25. The summed E-state index contributed by atoms with van der Waals surface area (Å²) >= 11 is 6.03. The number of rotatable bonds is 2. The summed E-state index contributed by atoms with van der Waals surface area (Å²) < 4.78 is 14.7. The molecule has 1 heterocycles. The zero-order valence-corrected chi connectivity index (χ0v) is 12.9. The SMILES string of the molecule is CC(=O)n1cc(C(=O)Nc2ccccc2Cl)c2ccc(F)cc21. The quantitative estimate of drug-likeness (QED) is 0.759. The molecule has 0 spiro atoms. The number of halogens is 2. The van der Waals surface area contributed by atoms with E-state index in [4.69, 9.17) is 11.6 Å². The van der Waals surface area contributed by atoms with Gasteiger partial charge in [-0.05, 0) is 30.3 Å². The molecule has 0 atom stereocenters. The number of nitrogens with one attached hydrogen (secondary N) is 1. The Bertz CT molecular complexity index is 933. The first-order valence-corrected chi connectivity index (χ1v) is 7.22. The molecule has 3 aromatic rings. The Labute approximate surface area is 136 Å². The van der Waals surface area contributed by atoms with E-state index < -0.39 is 11.7 Å². The molecule has 116 valence electrons. The summed E-state index contributed by atoms with van der Waals surface area (Å²) in [7, 11) is 0. The van der Waals surface area contributed by atoms with Gasteiger partial charge in [0.05, 0.1) is 21.8 Å². The van der Waals surface area contributed by atoms with Crippen molar-refractivity contribution < 1.29 is 14.0 Å². The molecular formula is C17H12ClFN2O2. The fourth-order valence-electron chi connectivity index (χ4n) is 2.39. The number of fused-ring (bicyclic) bond motifs is 1. The Kier molecular flexibility index (Phi) is 3.88. The Morgan fingerprint density at radius 1 is 1.17 bits per heavy atom. The van der Waals surface area contributed by atoms with Crippen molar-refractivity contribution in [2.24, 2.45) is 0 Å². The lowest BCUT2D eigenvalue weighted by atomic mass is 10.1. The summed E-state index contributed by atoms with van der Waals surface area (Å²) in [6.07, 6.45) is 1.40. The van der Waals surface area contributed by atoms with Crippen LogP contribution >= 0.6 is 11.6 Å².